The highest BCUT2D eigenvalue weighted by molar-refractivity contribution is 5.97. The number of carbonyl (C=O) groups excluding carboxylic acids is 2. The molecular weight excluding hydrogens is 324 g/mol. The third-order valence-electron chi connectivity index (χ3n) is 4.34. The molecule has 0 fully saturated rings. The van der Waals surface area contributed by atoms with Crippen LogP contribution in [0.15, 0.2) is 48.5 Å². The quantitative estimate of drug-likeness (QED) is 0.802. The highest BCUT2D eigenvalue weighted by atomic mass is 16.2. The SMILES string of the molecule is Cc1ccc(C(=O)NC(C(=O)NCCc2cccc(C)c2)C(C)C)cc1. The number of carbonyl (C=O) groups is 2. The van der Waals surface area contributed by atoms with Gasteiger partial charge in [0.2, 0.25) is 5.91 Å². The molecule has 0 heterocycles. The van der Waals surface area contributed by atoms with Crippen molar-refractivity contribution in [2.45, 2.75) is 40.2 Å². The van der Waals surface area contributed by atoms with Gasteiger partial charge in [-0.3, -0.25) is 9.59 Å². The molecule has 1 atom stereocenters. The topological polar surface area (TPSA) is 58.2 Å². The number of hydrogen-bond acceptors (Lipinski definition) is 2. The third kappa shape index (κ3) is 5.73. The summed E-state index contributed by atoms with van der Waals surface area (Å²) < 4.78 is 0. The molecule has 4 nitrogen and oxygen atoms in total. The Bertz CT molecular complexity index is 751. The Hall–Kier alpha value is -2.62. The molecule has 4 heteroatoms. The maximum atomic E-state index is 12.5. The van der Waals surface area contributed by atoms with E-state index in [1.54, 1.807) is 12.1 Å². The van der Waals surface area contributed by atoms with Crippen LogP contribution in [0.2, 0.25) is 0 Å². The summed E-state index contributed by atoms with van der Waals surface area (Å²) in [6, 6.07) is 15.0. The Labute approximate surface area is 156 Å². The van der Waals surface area contributed by atoms with E-state index in [2.05, 4.69) is 35.8 Å². The maximum Gasteiger partial charge on any atom is 0.251 e. The number of rotatable bonds is 7. The second-order valence-electron chi connectivity index (χ2n) is 7.09. The second-order valence-corrected chi connectivity index (χ2v) is 7.09. The molecule has 0 aliphatic heterocycles. The van der Waals surface area contributed by atoms with Crippen LogP contribution >= 0.6 is 0 Å². The van der Waals surface area contributed by atoms with Crippen LogP contribution in [0, 0.1) is 19.8 Å². The lowest BCUT2D eigenvalue weighted by molar-refractivity contribution is -0.123. The van der Waals surface area contributed by atoms with Gasteiger partial charge in [0.25, 0.3) is 5.91 Å². The molecule has 0 radical (unpaired) electrons. The van der Waals surface area contributed by atoms with Crippen molar-refractivity contribution < 1.29 is 9.59 Å². The van der Waals surface area contributed by atoms with E-state index in [0.29, 0.717) is 12.1 Å². The van der Waals surface area contributed by atoms with Crippen LogP contribution < -0.4 is 10.6 Å². The van der Waals surface area contributed by atoms with Crippen LogP contribution in [-0.2, 0) is 11.2 Å². The highest BCUT2D eigenvalue weighted by Gasteiger charge is 2.24. The molecule has 0 saturated carbocycles. The summed E-state index contributed by atoms with van der Waals surface area (Å²) in [7, 11) is 0. The molecule has 26 heavy (non-hydrogen) atoms. The zero-order chi connectivity index (χ0) is 19.1. The Balaban J connectivity index is 1.92. The number of hydrogen-bond donors (Lipinski definition) is 2. The Morgan fingerprint density at radius 2 is 1.65 bits per heavy atom. The average Bonchev–Trinajstić information content (AvgIpc) is 2.59. The molecule has 0 saturated heterocycles. The summed E-state index contributed by atoms with van der Waals surface area (Å²) in [6.07, 6.45) is 0.768. The highest BCUT2D eigenvalue weighted by Crippen LogP contribution is 2.08. The third-order valence-corrected chi connectivity index (χ3v) is 4.34. The summed E-state index contributed by atoms with van der Waals surface area (Å²) in [5, 5.41) is 5.80. The van der Waals surface area contributed by atoms with Gasteiger partial charge in [-0.15, -0.1) is 0 Å². The summed E-state index contributed by atoms with van der Waals surface area (Å²) >= 11 is 0. The van der Waals surface area contributed by atoms with Gasteiger partial charge in [0.05, 0.1) is 0 Å². The zero-order valence-electron chi connectivity index (χ0n) is 16.0. The lowest BCUT2D eigenvalue weighted by Gasteiger charge is -2.22. The van der Waals surface area contributed by atoms with E-state index in [9.17, 15) is 9.59 Å². The summed E-state index contributed by atoms with van der Waals surface area (Å²) in [5.41, 5.74) is 4.05. The van der Waals surface area contributed by atoms with Gasteiger partial charge >= 0.3 is 0 Å². The molecule has 2 N–H and O–H groups in total. The van der Waals surface area contributed by atoms with Crippen LogP contribution in [0.3, 0.4) is 0 Å². The normalized spacial score (nSPS) is 11.9. The van der Waals surface area contributed by atoms with Gasteiger partial charge in [0.15, 0.2) is 0 Å². The van der Waals surface area contributed by atoms with Crippen molar-refractivity contribution in [3.8, 4) is 0 Å². The molecule has 0 aliphatic rings. The number of nitrogens with one attached hydrogen (secondary N) is 2. The van der Waals surface area contributed by atoms with Gasteiger partial charge in [0, 0.05) is 12.1 Å². The maximum absolute atomic E-state index is 12.5. The van der Waals surface area contributed by atoms with E-state index in [1.807, 2.05) is 39.0 Å². The van der Waals surface area contributed by atoms with Crippen LogP contribution in [0.4, 0.5) is 0 Å². The van der Waals surface area contributed by atoms with Gasteiger partial charge in [-0.2, -0.15) is 0 Å². The fourth-order valence-corrected chi connectivity index (χ4v) is 2.77. The van der Waals surface area contributed by atoms with Gasteiger partial charge in [-0.25, -0.2) is 0 Å². The van der Waals surface area contributed by atoms with Crippen molar-refractivity contribution in [2.75, 3.05) is 6.54 Å². The molecule has 0 bridgehead atoms. The summed E-state index contributed by atoms with van der Waals surface area (Å²) in [6.45, 7) is 8.43. The Morgan fingerprint density at radius 3 is 2.27 bits per heavy atom. The monoisotopic (exact) mass is 352 g/mol. The first kappa shape index (κ1) is 19.7. The number of amides is 2. The van der Waals surface area contributed by atoms with Crippen LogP contribution in [-0.4, -0.2) is 24.4 Å². The smallest absolute Gasteiger partial charge is 0.251 e. The molecule has 2 amide bonds. The first-order chi connectivity index (χ1) is 12.4. The largest absolute Gasteiger partial charge is 0.354 e. The van der Waals surface area contributed by atoms with Gasteiger partial charge < -0.3 is 10.6 Å². The number of benzene rings is 2. The standard InChI is InChI=1S/C22H28N2O2/c1-15(2)20(24-21(25)19-10-8-16(3)9-11-19)22(26)23-13-12-18-7-5-6-17(4)14-18/h5-11,14-15,20H,12-13H2,1-4H3,(H,23,26)(H,24,25). The fourth-order valence-electron chi connectivity index (χ4n) is 2.77. The Kier molecular flexibility index (Phi) is 6.96. The van der Waals surface area contributed by atoms with Gasteiger partial charge in [0.1, 0.15) is 6.04 Å². The van der Waals surface area contributed by atoms with Gasteiger partial charge in [-0.1, -0.05) is 61.4 Å². The summed E-state index contributed by atoms with van der Waals surface area (Å²) in [4.78, 5) is 25.0. The first-order valence-electron chi connectivity index (χ1n) is 9.07. The lowest BCUT2D eigenvalue weighted by Crippen LogP contribution is -2.50. The predicted molar refractivity (Wildman–Crippen MR) is 105 cm³/mol. The van der Waals surface area contributed by atoms with Crippen molar-refractivity contribution in [2.24, 2.45) is 5.92 Å². The van der Waals surface area contributed by atoms with E-state index in [-0.39, 0.29) is 17.7 Å². The van der Waals surface area contributed by atoms with Crippen molar-refractivity contribution in [1.82, 2.24) is 10.6 Å². The van der Waals surface area contributed by atoms with E-state index in [4.69, 9.17) is 0 Å². The van der Waals surface area contributed by atoms with E-state index in [1.165, 1.54) is 11.1 Å². The van der Waals surface area contributed by atoms with Crippen LogP contribution in [0.1, 0.15) is 40.9 Å². The predicted octanol–water partition coefficient (Wildman–Crippen LogP) is 3.42. The second kappa shape index (κ2) is 9.18. The minimum atomic E-state index is -0.554. The molecule has 138 valence electrons. The van der Waals surface area contributed by atoms with Gasteiger partial charge in [-0.05, 0) is 43.9 Å². The molecule has 2 aromatic rings. The van der Waals surface area contributed by atoms with Crippen LogP contribution in [0.5, 0.6) is 0 Å². The van der Waals surface area contributed by atoms with E-state index >= 15 is 0 Å². The molecule has 1 unspecified atom stereocenters. The molecule has 0 aromatic heterocycles. The zero-order valence-corrected chi connectivity index (χ0v) is 16.0. The van der Waals surface area contributed by atoms with Crippen molar-refractivity contribution in [3.63, 3.8) is 0 Å². The van der Waals surface area contributed by atoms with Crippen molar-refractivity contribution >= 4 is 11.8 Å². The first-order valence-corrected chi connectivity index (χ1v) is 9.07. The molecule has 0 spiro atoms. The molecule has 2 rings (SSSR count). The molecule has 2 aromatic carbocycles. The summed E-state index contributed by atoms with van der Waals surface area (Å²) in [5.74, 6) is -0.367. The van der Waals surface area contributed by atoms with Crippen LogP contribution in [0.25, 0.3) is 0 Å². The minimum Gasteiger partial charge on any atom is -0.354 e. The van der Waals surface area contributed by atoms with E-state index < -0.39 is 6.04 Å². The Morgan fingerprint density at radius 1 is 0.962 bits per heavy atom. The fraction of sp³-hybridized carbons (Fsp3) is 0.364. The number of aryl methyl sites for hydroxylation is 2. The average molecular weight is 352 g/mol. The van der Waals surface area contributed by atoms with Crippen molar-refractivity contribution in [3.05, 3.63) is 70.8 Å². The molecule has 0 aliphatic carbocycles. The molecular formula is C22H28N2O2. The minimum absolute atomic E-state index is 0.00312. The van der Waals surface area contributed by atoms with Crippen molar-refractivity contribution in [1.29, 1.82) is 0 Å². The van der Waals surface area contributed by atoms with E-state index in [0.717, 1.165) is 12.0 Å². The lowest BCUT2D eigenvalue weighted by atomic mass is 10.0.